The topological polar surface area (TPSA) is 69.2 Å². The Morgan fingerprint density at radius 1 is 1.46 bits per heavy atom. The molecule has 1 aromatic carbocycles. The summed E-state index contributed by atoms with van der Waals surface area (Å²) in [7, 11) is 0. The molecule has 0 spiro atoms. The quantitative estimate of drug-likeness (QED) is 0.414. The summed E-state index contributed by atoms with van der Waals surface area (Å²) in [5.41, 5.74) is 3.41. The monoisotopic (exact) mass is 188 g/mol. The number of halogens is 2. The van der Waals surface area contributed by atoms with Gasteiger partial charge in [0.1, 0.15) is 0 Å². The lowest BCUT2D eigenvalue weighted by Crippen LogP contribution is -2.01. The number of hydrogen-bond donors (Lipinski definition) is 1. The molecule has 0 bridgehead atoms. The van der Waals surface area contributed by atoms with Crippen LogP contribution in [0.1, 0.15) is 5.56 Å². The number of nitro groups is 1. The SMILES string of the molecule is Cc1c(F)c(N)cc([N+](=O)[O-])c1F. The molecule has 1 rings (SSSR count). The highest BCUT2D eigenvalue weighted by Crippen LogP contribution is 2.26. The number of rotatable bonds is 1. The maximum atomic E-state index is 13.0. The fourth-order valence-electron chi connectivity index (χ4n) is 0.912. The van der Waals surface area contributed by atoms with Gasteiger partial charge in [0, 0.05) is 11.6 Å². The molecule has 0 aromatic heterocycles. The molecule has 0 saturated carbocycles. The summed E-state index contributed by atoms with van der Waals surface area (Å²) in [5, 5.41) is 10.2. The maximum Gasteiger partial charge on any atom is 0.307 e. The molecule has 0 amide bonds. The highest BCUT2D eigenvalue weighted by atomic mass is 19.1. The molecular weight excluding hydrogens is 182 g/mol. The third-order valence-electron chi connectivity index (χ3n) is 1.63. The van der Waals surface area contributed by atoms with Crippen LogP contribution in [0.25, 0.3) is 0 Å². The van der Waals surface area contributed by atoms with Crippen LogP contribution in [-0.2, 0) is 0 Å². The van der Waals surface area contributed by atoms with Crippen molar-refractivity contribution < 1.29 is 13.7 Å². The van der Waals surface area contributed by atoms with E-state index in [4.69, 9.17) is 5.73 Å². The van der Waals surface area contributed by atoms with Crippen molar-refractivity contribution in [3.63, 3.8) is 0 Å². The van der Waals surface area contributed by atoms with Crippen molar-refractivity contribution in [3.05, 3.63) is 33.4 Å². The van der Waals surface area contributed by atoms with Gasteiger partial charge >= 0.3 is 5.69 Å². The van der Waals surface area contributed by atoms with Crippen LogP contribution >= 0.6 is 0 Å². The van der Waals surface area contributed by atoms with Crippen molar-refractivity contribution in [1.29, 1.82) is 0 Å². The van der Waals surface area contributed by atoms with Gasteiger partial charge in [0.05, 0.1) is 10.6 Å². The van der Waals surface area contributed by atoms with Crippen molar-refractivity contribution in [2.45, 2.75) is 6.92 Å². The van der Waals surface area contributed by atoms with Gasteiger partial charge in [-0.15, -0.1) is 0 Å². The molecule has 0 unspecified atom stereocenters. The molecule has 4 nitrogen and oxygen atoms in total. The van der Waals surface area contributed by atoms with E-state index in [9.17, 15) is 18.9 Å². The summed E-state index contributed by atoms with van der Waals surface area (Å²) in [6.07, 6.45) is 0. The van der Waals surface area contributed by atoms with E-state index in [0.29, 0.717) is 6.07 Å². The fraction of sp³-hybridized carbons (Fsp3) is 0.143. The first-order chi connectivity index (χ1) is 5.95. The van der Waals surface area contributed by atoms with Crippen LogP contribution in [-0.4, -0.2) is 4.92 Å². The van der Waals surface area contributed by atoms with Crippen LogP contribution in [0.5, 0.6) is 0 Å². The molecule has 6 heteroatoms. The first kappa shape index (κ1) is 9.37. The van der Waals surface area contributed by atoms with E-state index in [2.05, 4.69) is 0 Å². The Morgan fingerprint density at radius 2 is 2.00 bits per heavy atom. The molecule has 0 heterocycles. The smallest absolute Gasteiger partial charge is 0.307 e. The van der Waals surface area contributed by atoms with E-state index in [1.54, 1.807) is 0 Å². The van der Waals surface area contributed by atoms with Crippen LogP contribution in [0.15, 0.2) is 6.07 Å². The molecule has 0 fully saturated rings. The summed E-state index contributed by atoms with van der Waals surface area (Å²) in [4.78, 5) is 9.28. The maximum absolute atomic E-state index is 13.0. The predicted molar refractivity (Wildman–Crippen MR) is 42.2 cm³/mol. The fourth-order valence-corrected chi connectivity index (χ4v) is 0.912. The van der Waals surface area contributed by atoms with E-state index >= 15 is 0 Å². The summed E-state index contributed by atoms with van der Waals surface area (Å²) < 4.78 is 25.8. The first-order valence-corrected chi connectivity index (χ1v) is 3.33. The number of hydrogen-bond acceptors (Lipinski definition) is 3. The molecule has 0 radical (unpaired) electrons. The third kappa shape index (κ3) is 1.42. The van der Waals surface area contributed by atoms with Crippen LogP contribution in [0.4, 0.5) is 20.2 Å². The largest absolute Gasteiger partial charge is 0.396 e. The molecule has 0 atom stereocenters. The Balaban J connectivity index is 3.50. The second kappa shape index (κ2) is 2.96. The van der Waals surface area contributed by atoms with Gasteiger partial charge in [0.2, 0.25) is 5.82 Å². The number of nitrogens with zero attached hydrogens (tertiary/aromatic N) is 1. The summed E-state index contributed by atoms with van der Waals surface area (Å²) in [6.45, 7) is 1.09. The molecule has 0 aliphatic heterocycles. The molecule has 0 aliphatic rings. The second-order valence-corrected chi connectivity index (χ2v) is 2.49. The Bertz CT molecular complexity index is 379. The van der Waals surface area contributed by atoms with E-state index in [1.165, 1.54) is 0 Å². The zero-order valence-corrected chi connectivity index (χ0v) is 6.67. The van der Waals surface area contributed by atoms with Gasteiger partial charge in [-0.3, -0.25) is 10.1 Å². The van der Waals surface area contributed by atoms with Gasteiger partial charge in [0.25, 0.3) is 0 Å². The Kier molecular flexibility index (Phi) is 2.14. The van der Waals surface area contributed by atoms with E-state index in [-0.39, 0.29) is 0 Å². The van der Waals surface area contributed by atoms with Crippen molar-refractivity contribution in [2.75, 3.05) is 5.73 Å². The first-order valence-electron chi connectivity index (χ1n) is 3.33. The lowest BCUT2D eigenvalue weighted by molar-refractivity contribution is -0.387. The summed E-state index contributed by atoms with van der Waals surface area (Å²) in [6, 6.07) is 0.664. The lowest BCUT2D eigenvalue weighted by Gasteiger charge is -2.02. The highest BCUT2D eigenvalue weighted by molar-refractivity contribution is 5.53. The zero-order chi connectivity index (χ0) is 10.2. The molecule has 0 saturated heterocycles. The molecule has 0 aliphatic carbocycles. The Morgan fingerprint density at radius 3 is 2.46 bits per heavy atom. The predicted octanol–water partition coefficient (Wildman–Crippen LogP) is 1.76. The average molecular weight is 188 g/mol. The standard InChI is InChI=1S/C7H6F2N2O2/c1-3-6(8)4(10)2-5(7(3)9)11(12)13/h2H,10H2,1H3. The van der Waals surface area contributed by atoms with Gasteiger partial charge in [0.15, 0.2) is 5.82 Å². The molecular formula is C7H6F2N2O2. The molecule has 1 aromatic rings. The van der Waals surface area contributed by atoms with Gasteiger partial charge in [-0.25, -0.2) is 4.39 Å². The average Bonchev–Trinajstić information content (AvgIpc) is 2.07. The van der Waals surface area contributed by atoms with E-state index in [0.717, 1.165) is 6.92 Å². The van der Waals surface area contributed by atoms with E-state index < -0.39 is 33.5 Å². The number of nitro benzene ring substituents is 1. The lowest BCUT2D eigenvalue weighted by atomic mass is 10.1. The van der Waals surface area contributed by atoms with Crippen molar-refractivity contribution in [2.24, 2.45) is 0 Å². The van der Waals surface area contributed by atoms with Crippen LogP contribution in [0.2, 0.25) is 0 Å². The van der Waals surface area contributed by atoms with Gasteiger partial charge in [-0.1, -0.05) is 0 Å². The Labute approximate surface area is 72.1 Å². The number of anilines is 1. The van der Waals surface area contributed by atoms with E-state index in [1.807, 2.05) is 0 Å². The normalized spacial score (nSPS) is 10.1. The molecule has 70 valence electrons. The van der Waals surface area contributed by atoms with Crippen molar-refractivity contribution >= 4 is 11.4 Å². The van der Waals surface area contributed by atoms with Gasteiger partial charge in [-0.2, -0.15) is 4.39 Å². The van der Waals surface area contributed by atoms with Crippen LogP contribution in [0, 0.1) is 28.7 Å². The van der Waals surface area contributed by atoms with Gasteiger partial charge < -0.3 is 5.73 Å². The molecule has 13 heavy (non-hydrogen) atoms. The molecule has 2 N–H and O–H groups in total. The van der Waals surface area contributed by atoms with Crippen LogP contribution < -0.4 is 5.73 Å². The number of benzene rings is 1. The number of nitrogen functional groups attached to an aromatic ring is 1. The zero-order valence-electron chi connectivity index (χ0n) is 6.67. The van der Waals surface area contributed by atoms with Crippen LogP contribution in [0.3, 0.4) is 0 Å². The second-order valence-electron chi connectivity index (χ2n) is 2.49. The van der Waals surface area contributed by atoms with Crippen molar-refractivity contribution in [3.8, 4) is 0 Å². The minimum atomic E-state index is -1.18. The van der Waals surface area contributed by atoms with Gasteiger partial charge in [-0.05, 0) is 6.92 Å². The summed E-state index contributed by atoms with van der Waals surface area (Å²) in [5.74, 6) is -2.14. The minimum Gasteiger partial charge on any atom is -0.396 e. The summed E-state index contributed by atoms with van der Waals surface area (Å²) >= 11 is 0. The third-order valence-corrected chi connectivity index (χ3v) is 1.63. The highest BCUT2D eigenvalue weighted by Gasteiger charge is 2.21. The minimum absolute atomic E-state index is 0.425. The van der Waals surface area contributed by atoms with Crippen molar-refractivity contribution in [1.82, 2.24) is 0 Å². The number of nitrogens with two attached hydrogens (primary N) is 1. The Hall–Kier alpha value is -1.72.